The van der Waals surface area contributed by atoms with E-state index in [1.54, 1.807) is 0 Å². The number of fused-ring (bicyclic) bond motifs is 3. The molecule has 122 valence electrons. The molecule has 0 radical (unpaired) electrons. The largest absolute Gasteiger partial charge is 0.452 e. The molecule has 2 aromatic heterocycles. The molecule has 3 rings (SSSR count). The molecule has 3 aromatic rings. The van der Waals surface area contributed by atoms with Crippen molar-refractivity contribution >= 4 is 28.4 Å². The van der Waals surface area contributed by atoms with E-state index in [4.69, 9.17) is 0 Å². The molecule has 0 bridgehead atoms. The molecule has 0 aliphatic rings. The summed E-state index contributed by atoms with van der Waals surface area (Å²) in [5.41, 5.74) is 0.239. The van der Waals surface area contributed by atoms with Gasteiger partial charge in [0.2, 0.25) is 5.82 Å². The SMILES string of the molecule is CC(C)CSc1nc2ccc(F)cc2n2c(C(F)(F)F)nnc12. The van der Waals surface area contributed by atoms with E-state index >= 15 is 0 Å². The molecule has 0 saturated carbocycles. The Morgan fingerprint density at radius 1 is 1.22 bits per heavy atom. The molecule has 23 heavy (non-hydrogen) atoms. The van der Waals surface area contributed by atoms with Crippen LogP contribution in [0.3, 0.4) is 0 Å². The fourth-order valence-corrected chi connectivity index (χ4v) is 3.02. The van der Waals surface area contributed by atoms with E-state index in [2.05, 4.69) is 15.2 Å². The number of rotatable bonds is 3. The van der Waals surface area contributed by atoms with Crippen LogP contribution < -0.4 is 0 Å². The third-order valence-corrected chi connectivity index (χ3v) is 4.44. The van der Waals surface area contributed by atoms with Gasteiger partial charge >= 0.3 is 6.18 Å². The highest BCUT2D eigenvalue weighted by Crippen LogP contribution is 2.33. The van der Waals surface area contributed by atoms with Gasteiger partial charge in [-0.25, -0.2) is 9.37 Å². The zero-order valence-electron chi connectivity index (χ0n) is 12.2. The summed E-state index contributed by atoms with van der Waals surface area (Å²) in [6.45, 7) is 3.98. The molecule has 9 heteroatoms. The second-order valence-corrected chi connectivity index (χ2v) is 6.44. The van der Waals surface area contributed by atoms with Crippen molar-refractivity contribution in [3.05, 3.63) is 29.8 Å². The van der Waals surface area contributed by atoms with Crippen molar-refractivity contribution in [1.82, 2.24) is 19.6 Å². The maximum absolute atomic E-state index is 13.5. The lowest BCUT2D eigenvalue weighted by Crippen LogP contribution is -2.12. The van der Waals surface area contributed by atoms with Gasteiger partial charge in [-0.05, 0) is 18.1 Å². The van der Waals surface area contributed by atoms with Crippen LogP contribution in [0.15, 0.2) is 23.2 Å². The molecular weight excluding hydrogens is 332 g/mol. The average molecular weight is 344 g/mol. The molecule has 0 saturated heterocycles. The van der Waals surface area contributed by atoms with E-state index < -0.39 is 17.8 Å². The van der Waals surface area contributed by atoms with Crippen molar-refractivity contribution in [1.29, 1.82) is 0 Å². The van der Waals surface area contributed by atoms with E-state index in [-0.39, 0.29) is 16.7 Å². The first-order chi connectivity index (χ1) is 10.8. The first kappa shape index (κ1) is 16.0. The number of thioether (sulfide) groups is 1. The Labute approximate surface area is 132 Å². The van der Waals surface area contributed by atoms with Crippen LogP contribution in [-0.2, 0) is 6.18 Å². The Morgan fingerprint density at radius 2 is 1.96 bits per heavy atom. The minimum Gasteiger partial charge on any atom is -0.267 e. The fourth-order valence-electron chi connectivity index (χ4n) is 2.11. The maximum atomic E-state index is 13.5. The first-order valence-electron chi connectivity index (χ1n) is 6.81. The van der Waals surface area contributed by atoms with Gasteiger partial charge in [-0.3, -0.25) is 4.40 Å². The standard InChI is InChI=1S/C14H12F4N4S/c1-7(2)6-23-12-11-20-21-13(14(16,17)18)22(11)10-5-8(15)3-4-9(10)19-12/h3-5,7H,6H2,1-2H3. The number of hydrogen-bond donors (Lipinski definition) is 0. The van der Waals surface area contributed by atoms with Crippen molar-refractivity contribution in [2.45, 2.75) is 25.0 Å². The zero-order chi connectivity index (χ0) is 16.8. The Bertz CT molecular complexity index is 872. The molecule has 0 aliphatic heterocycles. The quantitative estimate of drug-likeness (QED) is 0.528. The van der Waals surface area contributed by atoms with Crippen LogP contribution in [0.5, 0.6) is 0 Å². The van der Waals surface area contributed by atoms with E-state index in [9.17, 15) is 17.6 Å². The second kappa shape index (κ2) is 5.63. The lowest BCUT2D eigenvalue weighted by molar-refractivity contribution is -0.145. The zero-order valence-corrected chi connectivity index (χ0v) is 13.0. The number of halogens is 4. The topological polar surface area (TPSA) is 43.1 Å². The third-order valence-electron chi connectivity index (χ3n) is 3.06. The third kappa shape index (κ3) is 2.97. The minimum absolute atomic E-state index is 0.00813. The van der Waals surface area contributed by atoms with Gasteiger partial charge in [0.1, 0.15) is 10.8 Å². The molecule has 0 atom stereocenters. The summed E-state index contributed by atoms with van der Waals surface area (Å²) in [4.78, 5) is 4.32. The van der Waals surface area contributed by atoms with Gasteiger partial charge in [0.05, 0.1) is 11.0 Å². The van der Waals surface area contributed by atoms with Crippen LogP contribution in [-0.4, -0.2) is 25.3 Å². The number of aromatic nitrogens is 4. The van der Waals surface area contributed by atoms with Crippen LogP contribution in [0.4, 0.5) is 17.6 Å². The van der Waals surface area contributed by atoms with Gasteiger partial charge in [0.15, 0.2) is 5.65 Å². The number of alkyl halides is 3. The van der Waals surface area contributed by atoms with E-state index in [1.165, 1.54) is 17.8 Å². The lowest BCUT2D eigenvalue weighted by Gasteiger charge is -2.10. The molecule has 4 nitrogen and oxygen atoms in total. The van der Waals surface area contributed by atoms with Gasteiger partial charge < -0.3 is 0 Å². The van der Waals surface area contributed by atoms with Crippen LogP contribution in [0.1, 0.15) is 19.7 Å². The van der Waals surface area contributed by atoms with Crippen molar-refractivity contribution in [2.75, 3.05) is 5.75 Å². The smallest absolute Gasteiger partial charge is 0.267 e. The summed E-state index contributed by atoms with van der Waals surface area (Å²) in [7, 11) is 0. The van der Waals surface area contributed by atoms with Gasteiger partial charge in [-0.1, -0.05) is 13.8 Å². The normalized spacial score (nSPS) is 12.7. The van der Waals surface area contributed by atoms with Crippen LogP contribution in [0, 0.1) is 11.7 Å². The van der Waals surface area contributed by atoms with E-state index in [0.717, 1.165) is 16.5 Å². The van der Waals surface area contributed by atoms with Crippen LogP contribution in [0.2, 0.25) is 0 Å². The maximum Gasteiger partial charge on any atom is 0.452 e. The Balaban J connectivity index is 2.33. The highest BCUT2D eigenvalue weighted by Gasteiger charge is 2.38. The molecule has 0 amide bonds. The Kier molecular flexibility index (Phi) is 3.91. The van der Waals surface area contributed by atoms with Gasteiger partial charge in [0, 0.05) is 11.8 Å². The second-order valence-electron chi connectivity index (χ2n) is 5.44. The molecule has 0 N–H and O–H groups in total. The summed E-state index contributed by atoms with van der Waals surface area (Å²) in [6, 6.07) is 3.52. The number of nitrogens with zero attached hydrogens (tertiary/aromatic N) is 4. The molecule has 0 spiro atoms. The summed E-state index contributed by atoms with van der Waals surface area (Å²) in [6.07, 6.45) is -4.69. The summed E-state index contributed by atoms with van der Waals surface area (Å²) in [5, 5.41) is 7.22. The lowest BCUT2D eigenvalue weighted by atomic mass is 10.3. The van der Waals surface area contributed by atoms with Crippen LogP contribution >= 0.6 is 11.8 Å². The molecule has 0 fully saturated rings. The molecular formula is C14H12F4N4S. The highest BCUT2D eigenvalue weighted by atomic mass is 32.2. The fraction of sp³-hybridized carbons (Fsp3) is 0.357. The first-order valence-corrected chi connectivity index (χ1v) is 7.80. The molecule has 0 aliphatic carbocycles. The Hall–Kier alpha value is -1.90. The van der Waals surface area contributed by atoms with Crippen molar-refractivity contribution in [3.63, 3.8) is 0 Å². The number of hydrogen-bond acceptors (Lipinski definition) is 4. The molecule has 2 heterocycles. The summed E-state index contributed by atoms with van der Waals surface area (Å²) >= 11 is 1.31. The van der Waals surface area contributed by atoms with Crippen molar-refractivity contribution in [3.8, 4) is 0 Å². The van der Waals surface area contributed by atoms with Crippen LogP contribution in [0.25, 0.3) is 16.7 Å². The van der Waals surface area contributed by atoms with E-state index in [0.29, 0.717) is 16.7 Å². The molecule has 1 aromatic carbocycles. The highest BCUT2D eigenvalue weighted by molar-refractivity contribution is 7.99. The number of benzene rings is 1. The summed E-state index contributed by atoms with van der Waals surface area (Å²) in [5.74, 6) is -0.832. The summed E-state index contributed by atoms with van der Waals surface area (Å²) < 4.78 is 53.9. The Morgan fingerprint density at radius 3 is 2.61 bits per heavy atom. The van der Waals surface area contributed by atoms with Crippen molar-refractivity contribution < 1.29 is 17.6 Å². The minimum atomic E-state index is -4.69. The van der Waals surface area contributed by atoms with Gasteiger partial charge in [-0.15, -0.1) is 22.0 Å². The monoisotopic (exact) mass is 344 g/mol. The molecule has 0 unspecified atom stereocenters. The average Bonchev–Trinajstić information content (AvgIpc) is 2.90. The predicted molar refractivity (Wildman–Crippen MR) is 78.8 cm³/mol. The predicted octanol–water partition coefficient (Wildman–Crippen LogP) is 4.18. The van der Waals surface area contributed by atoms with Gasteiger partial charge in [0.25, 0.3) is 0 Å². The van der Waals surface area contributed by atoms with Crippen molar-refractivity contribution in [2.24, 2.45) is 5.92 Å². The van der Waals surface area contributed by atoms with Gasteiger partial charge in [-0.2, -0.15) is 13.2 Å². The van der Waals surface area contributed by atoms with E-state index in [1.807, 2.05) is 13.8 Å².